The minimum atomic E-state index is -1.23. The van der Waals surface area contributed by atoms with Gasteiger partial charge in [-0.1, -0.05) is 87.7 Å². The molecule has 3 rings (SSSR count). The maximum Gasteiger partial charge on any atom is 0.338 e. The highest BCUT2D eigenvalue weighted by molar-refractivity contribution is 6.15. The number of unbranched alkanes of at least 4 members (excludes halogenated alkanes) is 1. The predicted molar refractivity (Wildman–Crippen MR) is 132 cm³/mol. The van der Waals surface area contributed by atoms with E-state index in [2.05, 4.69) is 13.8 Å². The Hall–Kier alpha value is -3.73. The van der Waals surface area contributed by atoms with E-state index in [9.17, 15) is 19.5 Å². The van der Waals surface area contributed by atoms with Crippen molar-refractivity contribution in [2.45, 2.75) is 39.5 Å². The summed E-state index contributed by atoms with van der Waals surface area (Å²) in [6.45, 7) is 4.49. The van der Waals surface area contributed by atoms with Gasteiger partial charge in [0.05, 0.1) is 17.7 Å². The maximum absolute atomic E-state index is 13.2. The first-order chi connectivity index (χ1) is 16.4. The zero-order valence-electron chi connectivity index (χ0n) is 19.6. The zero-order chi connectivity index (χ0) is 24.5. The lowest BCUT2D eigenvalue weighted by Crippen LogP contribution is -2.16. The molecule has 0 radical (unpaired) electrons. The average molecular weight is 459 g/mol. The summed E-state index contributed by atoms with van der Waals surface area (Å²) in [6.07, 6.45) is 4.05. The van der Waals surface area contributed by atoms with Crippen molar-refractivity contribution in [3.8, 4) is 11.1 Å². The number of carboxylic acids is 1. The maximum atomic E-state index is 13.2. The van der Waals surface area contributed by atoms with Gasteiger partial charge in [-0.05, 0) is 41.7 Å². The summed E-state index contributed by atoms with van der Waals surface area (Å²) in [4.78, 5) is 37.6. The Morgan fingerprint density at radius 2 is 1.47 bits per heavy atom. The molecule has 34 heavy (non-hydrogen) atoms. The number of carbonyl (C=O) groups excluding carboxylic acids is 2. The van der Waals surface area contributed by atoms with Gasteiger partial charge in [0.1, 0.15) is 0 Å². The molecule has 1 N–H and O–H groups in total. The summed E-state index contributed by atoms with van der Waals surface area (Å²) in [6, 6.07) is 20.7. The molecule has 0 saturated heterocycles. The third-order valence-corrected chi connectivity index (χ3v) is 5.98. The van der Waals surface area contributed by atoms with Crippen molar-refractivity contribution in [1.29, 1.82) is 0 Å². The van der Waals surface area contributed by atoms with Crippen LogP contribution in [0.3, 0.4) is 0 Å². The minimum Gasteiger partial charge on any atom is -0.478 e. The number of rotatable bonds is 11. The normalized spacial score (nSPS) is 11.6. The van der Waals surface area contributed by atoms with Crippen LogP contribution in [-0.4, -0.2) is 29.4 Å². The summed E-state index contributed by atoms with van der Waals surface area (Å²) in [5, 5.41) is 9.61. The Morgan fingerprint density at radius 3 is 2.09 bits per heavy atom. The molecule has 0 heterocycles. The number of aromatic carboxylic acids is 1. The zero-order valence-corrected chi connectivity index (χ0v) is 19.6. The second-order valence-electron chi connectivity index (χ2n) is 8.35. The van der Waals surface area contributed by atoms with E-state index in [0.717, 1.165) is 36.8 Å². The van der Waals surface area contributed by atoms with E-state index in [0.29, 0.717) is 12.2 Å². The summed E-state index contributed by atoms with van der Waals surface area (Å²) in [7, 11) is 0. The van der Waals surface area contributed by atoms with E-state index in [1.165, 1.54) is 18.2 Å². The van der Waals surface area contributed by atoms with Crippen LogP contribution in [-0.2, 0) is 4.74 Å². The van der Waals surface area contributed by atoms with Gasteiger partial charge in [0.25, 0.3) is 0 Å². The lowest BCUT2D eigenvalue weighted by atomic mass is 9.95. The molecule has 176 valence electrons. The average Bonchev–Trinajstić information content (AvgIpc) is 2.88. The second-order valence-corrected chi connectivity index (χ2v) is 8.35. The van der Waals surface area contributed by atoms with Crippen LogP contribution in [0, 0.1) is 5.92 Å². The van der Waals surface area contributed by atoms with Crippen LogP contribution in [0.15, 0.2) is 72.8 Å². The van der Waals surface area contributed by atoms with Crippen molar-refractivity contribution >= 4 is 17.7 Å². The lowest BCUT2D eigenvalue weighted by Gasteiger charge is -2.15. The van der Waals surface area contributed by atoms with Gasteiger partial charge in [0, 0.05) is 11.1 Å². The summed E-state index contributed by atoms with van der Waals surface area (Å²) in [5.41, 5.74) is 2.29. The van der Waals surface area contributed by atoms with Gasteiger partial charge in [-0.3, -0.25) is 4.79 Å². The fourth-order valence-electron chi connectivity index (χ4n) is 3.82. The van der Waals surface area contributed by atoms with Crippen molar-refractivity contribution < 1.29 is 24.2 Å². The van der Waals surface area contributed by atoms with Crippen LogP contribution >= 0.6 is 0 Å². The second kappa shape index (κ2) is 11.9. The fraction of sp³-hybridized carbons (Fsp3) is 0.276. The number of esters is 1. The Balaban J connectivity index is 1.82. The van der Waals surface area contributed by atoms with Gasteiger partial charge in [-0.25, -0.2) is 9.59 Å². The number of ketones is 1. The van der Waals surface area contributed by atoms with Gasteiger partial charge in [-0.2, -0.15) is 0 Å². The van der Waals surface area contributed by atoms with E-state index in [4.69, 9.17) is 4.74 Å². The lowest BCUT2D eigenvalue weighted by molar-refractivity contribution is 0.0427. The minimum absolute atomic E-state index is 0.0348. The first kappa shape index (κ1) is 24.9. The molecular formula is C29H30O5. The summed E-state index contributed by atoms with van der Waals surface area (Å²) < 4.78 is 5.49. The molecule has 5 heteroatoms. The Labute approximate surface area is 200 Å². The number of carbonyl (C=O) groups is 3. The molecule has 1 unspecified atom stereocenters. The highest BCUT2D eigenvalue weighted by atomic mass is 16.5. The predicted octanol–water partition coefficient (Wildman–Crippen LogP) is 6.66. The van der Waals surface area contributed by atoms with Gasteiger partial charge in [0.2, 0.25) is 0 Å². The van der Waals surface area contributed by atoms with Gasteiger partial charge < -0.3 is 9.84 Å². The van der Waals surface area contributed by atoms with Crippen LogP contribution < -0.4 is 0 Å². The number of benzene rings is 3. The first-order valence-corrected chi connectivity index (χ1v) is 11.7. The standard InChI is InChI=1S/C29H30O5/c1-3-5-9-20(4-2)19-34-29(33)24-16-17-25(28(31)32)26(18-24)27(30)23-14-12-22(13-15-23)21-10-7-6-8-11-21/h6-8,10-18,20H,3-5,9,19H2,1-2H3,(H,31,32). The third-order valence-electron chi connectivity index (χ3n) is 5.98. The van der Waals surface area contributed by atoms with Crippen molar-refractivity contribution in [2.24, 2.45) is 5.92 Å². The largest absolute Gasteiger partial charge is 0.478 e. The summed E-state index contributed by atoms with van der Waals surface area (Å²) in [5.74, 6) is -1.96. The SMILES string of the molecule is CCCCC(CC)COC(=O)c1ccc(C(=O)O)c(C(=O)c2ccc(-c3ccccc3)cc2)c1. The fourth-order valence-corrected chi connectivity index (χ4v) is 3.82. The van der Waals surface area contributed by atoms with E-state index >= 15 is 0 Å². The number of hydrogen-bond acceptors (Lipinski definition) is 4. The van der Waals surface area contributed by atoms with Crippen LogP contribution in [0.5, 0.6) is 0 Å². The number of ether oxygens (including phenoxy) is 1. The van der Waals surface area contributed by atoms with Crippen LogP contribution in [0.4, 0.5) is 0 Å². The highest BCUT2D eigenvalue weighted by Crippen LogP contribution is 2.23. The quantitative estimate of drug-likeness (QED) is 0.257. The molecule has 0 spiro atoms. The highest BCUT2D eigenvalue weighted by Gasteiger charge is 2.21. The molecule has 0 aliphatic carbocycles. The van der Waals surface area contributed by atoms with Crippen molar-refractivity contribution in [2.75, 3.05) is 6.61 Å². The molecule has 0 saturated carbocycles. The van der Waals surface area contributed by atoms with Gasteiger partial charge in [0.15, 0.2) is 5.78 Å². The van der Waals surface area contributed by atoms with Crippen molar-refractivity contribution in [1.82, 2.24) is 0 Å². The van der Waals surface area contributed by atoms with Crippen LogP contribution in [0.1, 0.15) is 76.2 Å². The molecule has 5 nitrogen and oxygen atoms in total. The van der Waals surface area contributed by atoms with E-state index < -0.39 is 17.7 Å². The van der Waals surface area contributed by atoms with Crippen molar-refractivity contribution in [3.05, 3.63) is 95.1 Å². The molecule has 0 amide bonds. The van der Waals surface area contributed by atoms with Gasteiger partial charge >= 0.3 is 11.9 Å². The molecular weight excluding hydrogens is 428 g/mol. The monoisotopic (exact) mass is 458 g/mol. The smallest absolute Gasteiger partial charge is 0.338 e. The number of hydrogen-bond donors (Lipinski definition) is 1. The Bertz CT molecular complexity index is 1130. The van der Waals surface area contributed by atoms with E-state index in [1.54, 1.807) is 12.1 Å². The summed E-state index contributed by atoms with van der Waals surface area (Å²) >= 11 is 0. The molecule has 0 aliphatic rings. The molecule has 0 fully saturated rings. The molecule has 0 aromatic heterocycles. The van der Waals surface area contributed by atoms with Crippen LogP contribution in [0.25, 0.3) is 11.1 Å². The Kier molecular flexibility index (Phi) is 8.74. The molecule has 0 bridgehead atoms. The first-order valence-electron chi connectivity index (χ1n) is 11.7. The van der Waals surface area contributed by atoms with Gasteiger partial charge in [-0.15, -0.1) is 0 Å². The topological polar surface area (TPSA) is 80.7 Å². The molecule has 3 aromatic rings. The third kappa shape index (κ3) is 6.19. The number of carboxylic acid groups (broad SMARTS) is 1. The Morgan fingerprint density at radius 1 is 0.824 bits per heavy atom. The van der Waals surface area contributed by atoms with E-state index in [1.807, 2.05) is 42.5 Å². The van der Waals surface area contributed by atoms with Crippen molar-refractivity contribution in [3.63, 3.8) is 0 Å². The molecule has 3 aromatic carbocycles. The van der Waals surface area contributed by atoms with E-state index in [-0.39, 0.29) is 22.6 Å². The molecule has 0 aliphatic heterocycles. The van der Waals surface area contributed by atoms with Crippen LogP contribution in [0.2, 0.25) is 0 Å². The molecule has 1 atom stereocenters.